The Kier molecular flexibility index (Phi) is 4.58. The number of imidazole rings is 1. The number of benzene rings is 2. The highest BCUT2D eigenvalue weighted by atomic mass is 16.1. The number of fused-ring (bicyclic) bond motifs is 1. The highest BCUT2D eigenvalue weighted by Gasteiger charge is 2.16. The molecule has 2 aromatic carbocycles. The summed E-state index contributed by atoms with van der Waals surface area (Å²) < 4.78 is 0. The molecule has 0 bridgehead atoms. The van der Waals surface area contributed by atoms with Gasteiger partial charge in [-0.2, -0.15) is 0 Å². The monoisotopic (exact) mass is 349 g/mol. The highest BCUT2D eigenvalue weighted by molar-refractivity contribution is 5.94. The molecule has 0 saturated carbocycles. The number of piperazine rings is 1. The molecular formula is C20H23N5O. The molecule has 3 aromatic rings. The molecular weight excluding hydrogens is 326 g/mol. The van der Waals surface area contributed by atoms with Crippen LogP contribution in [0, 0.1) is 0 Å². The van der Waals surface area contributed by atoms with E-state index in [0.717, 1.165) is 55.1 Å². The fourth-order valence-corrected chi connectivity index (χ4v) is 3.50. The number of anilines is 2. The molecule has 0 aliphatic carbocycles. The predicted octanol–water partition coefficient (Wildman–Crippen LogP) is 2.94. The highest BCUT2D eigenvalue weighted by Crippen LogP contribution is 2.27. The molecule has 26 heavy (non-hydrogen) atoms. The minimum Gasteiger partial charge on any atom is -0.369 e. The summed E-state index contributed by atoms with van der Waals surface area (Å²) in [5, 5.41) is 2.70. The molecule has 1 fully saturated rings. The summed E-state index contributed by atoms with van der Waals surface area (Å²) in [6.07, 6.45) is 0.677. The maximum Gasteiger partial charge on any atom is 0.211 e. The van der Waals surface area contributed by atoms with E-state index in [0.29, 0.717) is 12.1 Å². The zero-order valence-corrected chi connectivity index (χ0v) is 14.9. The lowest BCUT2D eigenvalue weighted by Crippen LogP contribution is -2.46. The Morgan fingerprint density at radius 1 is 1.12 bits per heavy atom. The summed E-state index contributed by atoms with van der Waals surface area (Å²) in [6, 6.07) is 14.2. The first-order valence-electron chi connectivity index (χ1n) is 9.05. The van der Waals surface area contributed by atoms with E-state index >= 15 is 0 Å². The van der Waals surface area contributed by atoms with Crippen molar-refractivity contribution in [2.45, 2.75) is 6.92 Å². The Morgan fingerprint density at radius 3 is 2.58 bits per heavy atom. The molecule has 1 amide bonds. The number of rotatable bonds is 5. The maximum absolute atomic E-state index is 10.8. The van der Waals surface area contributed by atoms with Gasteiger partial charge in [0.25, 0.3) is 0 Å². The van der Waals surface area contributed by atoms with Crippen LogP contribution in [0.25, 0.3) is 22.4 Å². The van der Waals surface area contributed by atoms with Gasteiger partial charge in [-0.25, -0.2) is 4.98 Å². The van der Waals surface area contributed by atoms with Crippen LogP contribution in [0.3, 0.4) is 0 Å². The summed E-state index contributed by atoms with van der Waals surface area (Å²) in [6.45, 7) is 7.72. The van der Waals surface area contributed by atoms with Crippen molar-refractivity contribution in [3.8, 4) is 11.4 Å². The third kappa shape index (κ3) is 3.15. The molecule has 0 spiro atoms. The van der Waals surface area contributed by atoms with E-state index < -0.39 is 0 Å². The van der Waals surface area contributed by atoms with Crippen LogP contribution >= 0.6 is 0 Å². The maximum atomic E-state index is 10.8. The number of aromatic amines is 1. The molecule has 6 nitrogen and oxygen atoms in total. The van der Waals surface area contributed by atoms with Crippen LogP contribution < -0.4 is 10.2 Å². The van der Waals surface area contributed by atoms with Crippen molar-refractivity contribution in [3.63, 3.8) is 0 Å². The molecule has 1 aliphatic rings. The SMILES string of the molecule is CCN1CCN(c2ccc(-c3nc4c(NC=O)cccc4[nH]3)cc2)CC1. The molecule has 0 radical (unpaired) electrons. The van der Waals surface area contributed by atoms with Crippen LogP contribution in [-0.4, -0.2) is 54.0 Å². The van der Waals surface area contributed by atoms with Gasteiger partial charge in [0.05, 0.1) is 11.2 Å². The van der Waals surface area contributed by atoms with Crippen molar-refractivity contribution in [1.29, 1.82) is 0 Å². The van der Waals surface area contributed by atoms with Crippen LogP contribution in [0.5, 0.6) is 0 Å². The average Bonchev–Trinajstić information content (AvgIpc) is 3.14. The van der Waals surface area contributed by atoms with E-state index in [2.05, 4.69) is 56.3 Å². The van der Waals surface area contributed by atoms with Crippen LogP contribution in [-0.2, 0) is 4.79 Å². The first kappa shape index (κ1) is 16.6. The smallest absolute Gasteiger partial charge is 0.211 e. The number of hydrogen-bond acceptors (Lipinski definition) is 4. The van der Waals surface area contributed by atoms with Gasteiger partial charge in [-0.3, -0.25) is 4.79 Å². The lowest BCUT2D eigenvalue weighted by atomic mass is 10.1. The molecule has 1 aliphatic heterocycles. The minimum absolute atomic E-state index is 0.677. The minimum atomic E-state index is 0.677. The fraction of sp³-hybridized carbons (Fsp3) is 0.300. The normalized spacial score (nSPS) is 15.3. The second-order valence-electron chi connectivity index (χ2n) is 6.52. The molecule has 1 aromatic heterocycles. The first-order chi connectivity index (χ1) is 12.8. The number of aromatic nitrogens is 2. The summed E-state index contributed by atoms with van der Waals surface area (Å²) in [5.74, 6) is 0.808. The van der Waals surface area contributed by atoms with Gasteiger partial charge in [0, 0.05) is 37.4 Å². The van der Waals surface area contributed by atoms with Gasteiger partial charge < -0.3 is 20.1 Å². The fourth-order valence-electron chi connectivity index (χ4n) is 3.50. The lowest BCUT2D eigenvalue weighted by molar-refractivity contribution is -0.105. The average molecular weight is 349 g/mol. The van der Waals surface area contributed by atoms with Gasteiger partial charge in [-0.1, -0.05) is 13.0 Å². The molecule has 1 saturated heterocycles. The van der Waals surface area contributed by atoms with Crippen molar-refractivity contribution in [2.24, 2.45) is 0 Å². The Labute approximate surface area is 152 Å². The van der Waals surface area contributed by atoms with E-state index in [-0.39, 0.29) is 0 Å². The summed E-state index contributed by atoms with van der Waals surface area (Å²) in [4.78, 5) is 23.7. The molecule has 2 heterocycles. The van der Waals surface area contributed by atoms with Crippen molar-refractivity contribution < 1.29 is 4.79 Å². The van der Waals surface area contributed by atoms with E-state index in [1.165, 1.54) is 5.69 Å². The van der Waals surface area contributed by atoms with Crippen LogP contribution in [0.1, 0.15) is 6.92 Å². The van der Waals surface area contributed by atoms with Crippen LogP contribution in [0.4, 0.5) is 11.4 Å². The lowest BCUT2D eigenvalue weighted by Gasteiger charge is -2.35. The van der Waals surface area contributed by atoms with Crippen molar-refractivity contribution in [3.05, 3.63) is 42.5 Å². The Bertz CT molecular complexity index is 894. The standard InChI is InChI=1S/C20H23N5O/c1-2-24-10-12-25(13-11-24)16-8-6-15(7-9-16)20-22-18-5-3-4-17(21-14-26)19(18)23-20/h3-9,14H,2,10-13H2,1H3,(H,21,26)(H,22,23). The van der Waals surface area contributed by atoms with E-state index in [1.807, 2.05) is 18.2 Å². The number of carbonyl (C=O) groups is 1. The molecule has 134 valence electrons. The third-order valence-electron chi connectivity index (χ3n) is 5.05. The van der Waals surface area contributed by atoms with Gasteiger partial charge >= 0.3 is 0 Å². The van der Waals surface area contributed by atoms with Gasteiger partial charge in [-0.15, -0.1) is 0 Å². The quantitative estimate of drug-likeness (QED) is 0.695. The first-order valence-corrected chi connectivity index (χ1v) is 9.05. The number of nitrogens with one attached hydrogen (secondary N) is 2. The van der Waals surface area contributed by atoms with Crippen LogP contribution in [0.15, 0.2) is 42.5 Å². The van der Waals surface area contributed by atoms with Crippen molar-refractivity contribution >= 4 is 28.8 Å². The summed E-state index contributed by atoms with van der Waals surface area (Å²) in [7, 11) is 0. The number of carbonyl (C=O) groups excluding carboxylic acids is 1. The predicted molar refractivity (Wildman–Crippen MR) is 106 cm³/mol. The molecule has 4 rings (SSSR count). The van der Waals surface area contributed by atoms with Crippen LogP contribution in [0.2, 0.25) is 0 Å². The number of likely N-dealkylation sites (N-methyl/N-ethyl adjacent to an activating group) is 1. The van der Waals surface area contributed by atoms with E-state index in [4.69, 9.17) is 0 Å². The largest absolute Gasteiger partial charge is 0.369 e. The number of H-pyrrole nitrogens is 1. The van der Waals surface area contributed by atoms with Crippen molar-refractivity contribution in [2.75, 3.05) is 42.9 Å². The zero-order chi connectivity index (χ0) is 17.9. The summed E-state index contributed by atoms with van der Waals surface area (Å²) >= 11 is 0. The van der Waals surface area contributed by atoms with Gasteiger partial charge in [0.2, 0.25) is 6.41 Å². The summed E-state index contributed by atoms with van der Waals surface area (Å²) in [5.41, 5.74) is 4.68. The number of nitrogens with zero attached hydrogens (tertiary/aromatic N) is 3. The number of para-hydroxylation sites is 1. The van der Waals surface area contributed by atoms with Gasteiger partial charge in [0.15, 0.2) is 0 Å². The molecule has 6 heteroatoms. The molecule has 2 N–H and O–H groups in total. The second kappa shape index (κ2) is 7.17. The number of amides is 1. The second-order valence-corrected chi connectivity index (χ2v) is 6.52. The zero-order valence-electron chi connectivity index (χ0n) is 14.9. The Balaban J connectivity index is 1.56. The third-order valence-corrected chi connectivity index (χ3v) is 5.05. The molecule has 0 unspecified atom stereocenters. The Hall–Kier alpha value is -2.86. The van der Waals surface area contributed by atoms with E-state index in [9.17, 15) is 4.79 Å². The van der Waals surface area contributed by atoms with Gasteiger partial charge in [-0.05, 0) is 42.9 Å². The van der Waals surface area contributed by atoms with E-state index in [1.54, 1.807) is 0 Å². The Morgan fingerprint density at radius 2 is 1.88 bits per heavy atom. The van der Waals surface area contributed by atoms with Gasteiger partial charge in [0.1, 0.15) is 11.3 Å². The van der Waals surface area contributed by atoms with Crippen molar-refractivity contribution in [1.82, 2.24) is 14.9 Å². The number of hydrogen-bond donors (Lipinski definition) is 2. The topological polar surface area (TPSA) is 64.3 Å². The molecule has 0 atom stereocenters.